The van der Waals surface area contributed by atoms with Gasteiger partial charge in [0.15, 0.2) is 12.2 Å². The molecular weight excluding hydrogens is 1260 g/mol. The third-order valence-corrected chi connectivity index (χ3v) is 19.8. The predicted molar refractivity (Wildman–Crippen MR) is 391 cm³/mol. The highest BCUT2D eigenvalue weighted by Crippen LogP contribution is 2.45. The number of phosphoric ester groups is 2. The molecule has 3 N–H and O–H groups in total. The van der Waals surface area contributed by atoms with Crippen molar-refractivity contribution in [2.24, 2.45) is 17.8 Å². The molecule has 0 amide bonds. The van der Waals surface area contributed by atoms with Crippen LogP contribution < -0.4 is 0 Å². The largest absolute Gasteiger partial charge is 0.472 e. The van der Waals surface area contributed by atoms with Gasteiger partial charge in [-0.05, 0) is 43.4 Å². The second-order valence-electron chi connectivity index (χ2n) is 29.2. The molecule has 0 fully saturated rings. The summed E-state index contributed by atoms with van der Waals surface area (Å²) >= 11 is 0. The molecule has 17 nitrogen and oxygen atoms in total. The van der Waals surface area contributed by atoms with Gasteiger partial charge in [0.1, 0.15) is 19.3 Å². The van der Waals surface area contributed by atoms with Crippen molar-refractivity contribution >= 4 is 39.5 Å². The first kappa shape index (κ1) is 94.1. The van der Waals surface area contributed by atoms with Crippen LogP contribution in [0.5, 0.6) is 0 Å². The van der Waals surface area contributed by atoms with E-state index >= 15 is 0 Å². The summed E-state index contributed by atoms with van der Waals surface area (Å²) in [7, 11) is -9.91. The van der Waals surface area contributed by atoms with E-state index in [1.54, 1.807) is 0 Å². The minimum atomic E-state index is -4.96. The van der Waals surface area contributed by atoms with Crippen LogP contribution in [-0.4, -0.2) is 96.7 Å². The zero-order valence-corrected chi connectivity index (χ0v) is 64.6. The van der Waals surface area contributed by atoms with Gasteiger partial charge in [-0.2, -0.15) is 0 Å². The van der Waals surface area contributed by atoms with E-state index in [0.717, 1.165) is 108 Å². The van der Waals surface area contributed by atoms with Gasteiger partial charge in [0.25, 0.3) is 0 Å². The zero-order valence-electron chi connectivity index (χ0n) is 62.8. The van der Waals surface area contributed by atoms with Gasteiger partial charge in [0.05, 0.1) is 26.4 Å². The number of rotatable bonds is 75. The maximum atomic E-state index is 13.1. The van der Waals surface area contributed by atoms with Crippen molar-refractivity contribution in [1.82, 2.24) is 0 Å². The molecule has 0 heterocycles. The van der Waals surface area contributed by atoms with Crippen LogP contribution in [0.3, 0.4) is 0 Å². The number of esters is 4. The Labute approximate surface area is 588 Å². The molecule has 0 aliphatic carbocycles. The molecule has 0 spiro atoms. The maximum absolute atomic E-state index is 13.1. The van der Waals surface area contributed by atoms with Gasteiger partial charge in [-0.1, -0.05) is 344 Å². The van der Waals surface area contributed by atoms with Gasteiger partial charge >= 0.3 is 39.5 Å². The van der Waals surface area contributed by atoms with Gasteiger partial charge in [0.2, 0.25) is 0 Å². The number of phosphoric acid groups is 2. The second kappa shape index (κ2) is 67.5. The molecule has 0 rings (SSSR count). The van der Waals surface area contributed by atoms with Crippen molar-refractivity contribution in [1.29, 1.82) is 0 Å². The van der Waals surface area contributed by atoms with Crippen molar-refractivity contribution in [2.75, 3.05) is 39.6 Å². The molecule has 0 bridgehead atoms. The second-order valence-corrected chi connectivity index (χ2v) is 32.1. The fourth-order valence-electron chi connectivity index (χ4n) is 11.8. The maximum Gasteiger partial charge on any atom is 0.472 e. The Hall–Kier alpha value is -1.94. The first-order valence-corrected chi connectivity index (χ1v) is 42.8. The summed E-state index contributed by atoms with van der Waals surface area (Å²) in [6, 6.07) is 0. The number of hydrogen-bond donors (Lipinski definition) is 3. The Bertz CT molecular complexity index is 1870. The summed E-state index contributed by atoms with van der Waals surface area (Å²) in [5, 5.41) is 10.6. The van der Waals surface area contributed by atoms with Crippen LogP contribution in [0.2, 0.25) is 0 Å². The highest BCUT2D eigenvalue weighted by atomic mass is 31.2. The van der Waals surface area contributed by atoms with Crippen LogP contribution in [0, 0.1) is 17.8 Å². The van der Waals surface area contributed by atoms with Gasteiger partial charge in [-0.25, -0.2) is 9.13 Å². The molecule has 0 aliphatic heterocycles. The Kier molecular flexibility index (Phi) is 66.2. The van der Waals surface area contributed by atoms with E-state index in [4.69, 9.17) is 37.0 Å². The molecule has 0 aromatic heterocycles. The van der Waals surface area contributed by atoms with Crippen molar-refractivity contribution < 1.29 is 80.2 Å². The van der Waals surface area contributed by atoms with E-state index in [1.165, 1.54) is 199 Å². The number of hydrogen-bond acceptors (Lipinski definition) is 15. The Morgan fingerprint density at radius 3 is 0.708 bits per heavy atom. The lowest BCUT2D eigenvalue weighted by atomic mass is 10.0. The van der Waals surface area contributed by atoms with Gasteiger partial charge in [0, 0.05) is 25.7 Å². The molecular formula is C77H150O17P2. The highest BCUT2D eigenvalue weighted by Gasteiger charge is 2.30. The number of ether oxygens (including phenoxy) is 4. The van der Waals surface area contributed by atoms with Gasteiger partial charge < -0.3 is 33.8 Å². The van der Waals surface area contributed by atoms with Gasteiger partial charge in [-0.3, -0.25) is 37.3 Å². The molecule has 0 radical (unpaired) electrons. The Balaban J connectivity index is 5.23. The summed E-state index contributed by atoms with van der Waals surface area (Å²) in [5.74, 6) is 0.191. The van der Waals surface area contributed by atoms with E-state index in [0.29, 0.717) is 31.6 Å². The van der Waals surface area contributed by atoms with Crippen molar-refractivity contribution in [3.63, 3.8) is 0 Å². The lowest BCUT2D eigenvalue weighted by Gasteiger charge is -2.21. The average molecular weight is 1410 g/mol. The van der Waals surface area contributed by atoms with E-state index in [1.807, 2.05) is 0 Å². The van der Waals surface area contributed by atoms with E-state index in [-0.39, 0.29) is 25.7 Å². The molecule has 0 aliphatic rings. The molecule has 0 saturated heterocycles. The molecule has 0 aromatic carbocycles. The summed E-state index contributed by atoms with van der Waals surface area (Å²) in [6.45, 7) is 11.9. The number of aliphatic hydroxyl groups excluding tert-OH is 1. The quantitative estimate of drug-likeness (QED) is 0.0222. The minimum absolute atomic E-state index is 0.106. The summed E-state index contributed by atoms with van der Waals surface area (Å²) in [6.07, 6.45) is 54.1. The third-order valence-electron chi connectivity index (χ3n) is 17.9. The molecule has 19 heteroatoms. The Morgan fingerprint density at radius 2 is 0.479 bits per heavy atom. The first-order valence-electron chi connectivity index (χ1n) is 39.8. The number of carbonyl (C=O) groups is 4. The van der Waals surface area contributed by atoms with E-state index in [9.17, 15) is 43.2 Å². The van der Waals surface area contributed by atoms with Gasteiger partial charge in [-0.15, -0.1) is 0 Å². The SMILES string of the molecule is CCCCCCCCCCCCCC(=O)O[C@H](COC(=O)CCCCCCCCCC(C)C)COP(=O)(O)OC[C@H](O)COP(=O)(O)OC[C@@H](COC(=O)CCCCCCCCCCCCCCCCC(C)C)OC(=O)CCCCCCCCCCCCCCCCCC(C)C. The van der Waals surface area contributed by atoms with E-state index in [2.05, 4.69) is 48.5 Å². The fraction of sp³-hybridized carbons (Fsp3) is 0.948. The Morgan fingerprint density at radius 1 is 0.281 bits per heavy atom. The zero-order chi connectivity index (χ0) is 70.9. The molecule has 0 saturated carbocycles. The van der Waals surface area contributed by atoms with Crippen molar-refractivity contribution in [3.8, 4) is 0 Å². The summed E-state index contributed by atoms with van der Waals surface area (Å²) in [4.78, 5) is 72.8. The molecule has 570 valence electrons. The van der Waals surface area contributed by atoms with Crippen LogP contribution in [0.25, 0.3) is 0 Å². The summed E-state index contributed by atoms with van der Waals surface area (Å²) < 4.78 is 68.5. The monoisotopic (exact) mass is 1410 g/mol. The van der Waals surface area contributed by atoms with Crippen LogP contribution in [-0.2, 0) is 65.4 Å². The summed E-state index contributed by atoms with van der Waals surface area (Å²) in [5.41, 5.74) is 0. The van der Waals surface area contributed by atoms with Crippen LogP contribution in [0.15, 0.2) is 0 Å². The number of carbonyl (C=O) groups excluding carboxylic acids is 4. The smallest absolute Gasteiger partial charge is 0.462 e. The highest BCUT2D eigenvalue weighted by molar-refractivity contribution is 7.47. The number of aliphatic hydroxyl groups is 1. The third kappa shape index (κ3) is 70.5. The minimum Gasteiger partial charge on any atom is -0.462 e. The number of unbranched alkanes of at least 4 members (excludes halogenated alkanes) is 43. The molecule has 5 atom stereocenters. The van der Waals surface area contributed by atoms with Crippen molar-refractivity contribution in [3.05, 3.63) is 0 Å². The molecule has 96 heavy (non-hydrogen) atoms. The standard InChI is InChI=1S/C77H150O17P2/c1-8-9-10-11-12-13-23-31-38-46-53-60-76(81)94-73(65-88-75(80)59-52-45-40-33-36-43-50-57-70(6)7)67-92-96(85,86)90-63-71(78)62-89-95(83,84)91-66-72(64-87-74(79)58-51-44-37-30-26-21-18-17-20-25-29-35-42-49-56-69(4)5)93-77(82)61-54-47-39-32-27-22-16-14-15-19-24-28-34-41-48-55-68(2)3/h68-73,78H,8-67H2,1-7H3,(H,83,84)(H,85,86)/t71-,72-,73-/m1/s1. The molecule has 2 unspecified atom stereocenters. The normalized spacial score (nSPS) is 14.1. The van der Waals surface area contributed by atoms with Crippen molar-refractivity contribution in [2.45, 2.75) is 414 Å². The topological polar surface area (TPSA) is 237 Å². The lowest BCUT2D eigenvalue weighted by molar-refractivity contribution is -0.161. The average Bonchev–Trinajstić information content (AvgIpc) is 1.10. The molecule has 0 aromatic rings. The first-order chi connectivity index (χ1) is 46.2. The lowest BCUT2D eigenvalue weighted by Crippen LogP contribution is -2.30. The fourth-order valence-corrected chi connectivity index (χ4v) is 13.4. The predicted octanol–water partition coefficient (Wildman–Crippen LogP) is 22.6. The van der Waals surface area contributed by atoms with Crippen LogP contribution >= 0.6 is 15.6 Å². The van der Waals surface area contributed by atoms with Crippen LogP contribution in [0.4, 0.5) is 0 Å². The van der Waals surface area contributed by atoms with Crippen LogP contribution in [0.1, 0.15) is 395 Å². The van der Waals surface area contributed by atoms with E-state index < -0.39 is 97.5 Å².